The molecule has 0 atom stereocenters. The summed E-state index contributed by atoms with van der Waals surface area (Å²) < 4.78 is 0. The molecule has 0 radical (unpaired) electrons. The van der Waals surface area contributed by atoms with Crippen LogP contribution in [0.4, 0.5) is 0 Å². The van der Waals surface area contributed by atoms with Gasteiger partial charge in [-0.3, -0.25) is 4.79 Å². The third-order valence-electron chi connectivity index (χ3n) is 4.15. The summed E-state index contributed by atoms with van der Waals surface area (Å²) >= 11 is 6.02. The maximum atomic E-state index is 12.9. The molecule has 0 saturated carbocycles. The van der Waals surface area contributed by atoms with E-state index in [9.17, 15) is 4.79 Å². The minimum Gasteiger partial charge on any atom is -0.289 e. The Balaban J connectivity index is 1.89. The first kappa shape index (κ1) is 13.3. The van der Waals surface area contributed by atoms with Crippen molar-refractivity contribution in [2.24, 2.45) is 0 Å². The highest BCUT2D eigenvalue weighted by Gasteiger charge is 2.24. The third kappa shape index (κ3) is 2.06. The Morgan fingerprint density at radius 3 is 2.50 bits per heavy atom. The van der Waals surface area contributed by atoms with Gasteiger partial charge in [0.05, 0.1) is 0 Å². The first-order valence-electron chi connectivity index (χ1n) is 7.24. The van der Waals surface area contributed by atoms with Crippen molar-refractivity contribution in [1.82, 2.24) is 0 Å². The van der Waals surface area contributed by atoms with Crippen LogP contribution < -0.4 is 0 Å². The average molecular weight is 305 g/mol. The summed E-state index contributed by atoms with van der Waals surface area (Å²) in [6, 6.07) is 21.4. The highest BCUT2D eigenvalue weighted by molar-refractivity contribution is 6.31. The van der Waals surface area contributed by atoms with Crippen molar-refractivity contribution in [3.63, 3.8) is 0 Å². The van der Waals surface area contributed by atoms with Crippen LogP contribution in [-0.2, 0) is 6.42 Å². The molecule has 22 heavy (non-hydrogen) atoms. The minimum atomic E-state index is 0.0241. The molecule has 4 rings (SSSR count). The van der Waals surface area contributed by atoms with Gasteiger partial charge < -0.3 is 0 Å². The first-order chi connectivity index (χ1) is 10.7. The SMILES string of the molecule is O=C(c1cccc(Cl)c1)c1cccc2c1-c1ccccc1C2. The largest absolute Gasteiger partial charge is 0.289 e. The van der Waals surface area contributed by atoms with Gasteiger partial charge in [-0.2, -0.15) is 0 Å². The summed E-state index contributed by atoms with van der Waals surface area (Å²) in [5.41, 5.74) is 6.12. The van der Waals surface area contributed by atoms with E-state index in [2.05, 4.69) is 18.2 Å². The Morgan fingerprint density at radius 2 is 1.64 bits per heavy atom. The van der Waals surface area contributed by atoms with Gasteiger partial charge in [-0.15, -0.1) is 0 Å². The molecular weight excluding hydrogens is 292 g/mol. The molecule has 1 aliphatic carbocycles. The van der Waals surface area contributed by atoms with Crippen molar-refractivity contribution in [1.29, 1.82) is 0 Å². The van der Waals surface area contributed by atoms with E-state index in [4.69, 9.17) is 11.6 Å². The van der Waals surface area contributed by atoms with Gasteiger partial charge in [-0.05, 0) is 40.8 Å². The fourth-order valence-electron chi connectivity index (χ4n) is 3.16. The summed E-state index contributed by atoms with van der Waals surface area (Å²) in [7, 11) is 0. The van der Waals surface area contributed by atoms with Crippen LogP contribution in [0.15, 0.2) is 66.7 Å². The quantitative estimate of drug-likeness (QED) is 0.468. The van der Waals surface area contributed by atoms with Crippen molar-refractivity contribution >= 4 is 17.4 Å². The zero-order valence-electron chi connectivity index (χ0n) is 11.8. The van der Waals surface area contributed by atoms with E-state index >= 15 is 0 Å². The molecule has 2 heteroatoms. The third-order valence-corrected chi connectivity index (χ3v) is 4.38. The second-order valence-electron chi connectivity index (χ2n) is 5.51. The molecule has 3 aromatic carbocycles. The molecule has 106 valence electrons. The van der Waals surface area contributed by atoms with Crippen LogP contribution in [0.5, 0.6) is 0 Å². The fraction of sp³-hybridized carbons (Fsp3) is 0.0500. The second kappa shape index (κ2) is 5.11. The van der Waals surface area contributed by atoms with Crippen LogP contribution in [0.25, 0.3) is 11.1 Å². The predicted molar refractivity (Wildman–Crippen MR) is 89.6 cm³/mol. The van der Waals surface area contributed by atoms with Gasteiger partial charge in [0, 0.05) is 16.1 Å². The summed E-state index contributed by atoms with van der Waals surface area (Å²) in [5.74, 6) is 0.0241. The Morgan fingerprint density at radius 1 is 0.864 bits per heavy atom. The van der Waals surface area contributed by atoms with Crippen LogP contribution in [0, 0.1) is 0 Å². The monoisotopic (exact) mass is 304 g/mol. The summed E-state index contributed by atoms with van der Waals surface area (Å²) in [6.45, 7) is 0. The number of carbonyl (C=O) groups is 1. The average Bonchev–Trinajstić information content (AvgIpc) is 2.92. The van der Waals surface area contributed by atoms with Crippen LogP contribution in [0.3, 0.4) is 0 Å². The maximum absolute atomic E-state index is 12.9. The lowest BCUT2D eigenvalue weighted by Gasteiger charge is -2.09. The van der Waals surface area contributed by atoms with Crippen LogP contribution >= 0.6 is 11.6 Å². The molecular formula is C20H13ClO. The highest BCUT2D eigenvalue weighted by atomic mass is 35.5. The molecule has 0 saturated heterocycles. The number of halogens is 1. The number of fused-ring (bicyclic) bond motifs is 3. The van der Waals surface area contributed by atoms with E-state index in [0.717, 1.165) is 17.5 Å². The molecule has 0 unspecified atom stereocenters. The molecule has 0 bridgehead atoms. The van der Waals surface area contributed by atoms with Crippen LogP contribution in [0.2, 0.25) is 5.02 Å². The molecule has 3 aromatic rings. The van der Waals surface area contributed by atoms with E-state index in [-0.39, 0.29) is 5.78 Å². The van der Waals surface area contributed by atoms with E-state index in [0.29, 0.717) is 10.6 Å². The van der Waals surface area contributed by atoms with Gasteiger partial charge in [-0.25, -0.2) is 0 Å². The van der Waals surface area contributed by atoms with Gasteiger partial charge in [0.2, 0.25) is 0 Å². The number of rotatable bonds is 2. The number of carbonyl (C=O) groups excluding carboxylic acids is 1. The highest BCUT2D eigenvalue weighted by Crippen LogP contribution is 2.39. The van der Waals surface area contributed by atoms with E-state index in [1.165, 1.54) is 16.7 Å². The number of benzene rings is 3. The zero-order valence-corrected chi connectivity index (χ0v) is 12.6. The van der Waals surface area contributed by atoms with Crippen molar-refractivity contribution in [3.8, 4) is 11.1 Å². The van der Waals surface area contributed by atoms with Crippen molar-refractivity contribution in [2.75, 3.05) is 0 Å². The Hall–Kier alpha value is -2.38. The van der Waals surface area contributed by atoms with Crippen LogP contribution in [0.1, 0.15) is 27.0 Å². The van der Waals surface area contributed by atoms with Gasteiger partial charge in [-0.1, -0.05) is 66.2 Å². The van der Waals surface area contributed by atoms with Gasteiger partial charge >= 0.3 is 0 Å². The molecule has 0 heterocycles. The smallest absolute Gasteiger partial charge is 0.193 e. The Bertz CT molecular complexity index is 896. The fourth-order valence-corrected chi connectivity index (χ4v) is 3.35. The molecule has 0 N–H and O–H groups in total. The summed E-state index contributed by atoms with van der Waals surface area (Å²) in [4.78, 5) is 12.9. The number of hydrogen-bond acceptors (Lipinski definition) is 1. The Labute approximate surface area is 134 Å². The molecule has 1 nitrogen and oxygen atoms in total. The summed E-state index contributed by atoms with van der Waals surface area (Å²) in [6.07, 6.45) is 0.891. The molecule has 0 aliphatic heterocycles. The second-order valence-corrected chi connectivity index (χ2v) is 5.95. The standard InChI is InChI=1S/C20H13ClO/c21-16-8-3-7-15(12-16)20(22)18-10-4-6-14-11-13-5-1-2-9-17(13)19(14)18/h1-10,12H,11H2. The molecule has 0 fully saturated rings. The predicted octanol–water partition coefficient (Wildman–Crippen LogP) is 5.14. The van der Waals surface area contributed by atoms with E-state index < -0.39 is 0 Å². The molecule has 1 aliphatic rings. The number of ketones is 1. The number of hydrogen-bond donors (Lipinski definition) is 0. The van der Waals surface area contributed by atoms with E-state index in [1.807, 2.05) is 36.4 Å². The lowest BCUT2D eigenvalue weighted by atomic mass is 9.94. The lowest BCUT2D eigenvalue weighted by Crippen LogP contribution is -2.03. The molecule has 0 amide bonds. The van der Waals surface area contributed by atoms with Crippen molar-refractivity contribution in [2.45, 2.75) is 6.42 Å². The zero-order chi connectivity index (χ0) is 15.1. The van der Waals surface area contributed by atoms with Crippen molar-refractivity contribution < 1.29 is 4.79 Å². The van der Waals surface area contributed by atoms with E-state index in [1.54, 1.807) is 12.1 Å². The Kier molecular flexibility index (Phi) is 3.09. The van der Waals surface area contributed by atoms with Gasteiger partial charge in [0.25, 0.3) is 0 Å². The first-order valence-corrected chi connectivity index (χ1v) is 7.62. The van der Waals surface area contributed by atoms with Crippen LogP contribution in [-0.4, -0.2) is 5.78 Å². The lowest BCUT2D eigenvalue weighted by molar-refractivity contribution is 0.103. The van der Waals surface area contributed by atoms with Gasteiger partial charge in [0.15, 0.2) is 5.78 Å². The minimum absolute atomic E-state index is 0.0241. The van der Waals surface area contributed by atoms with Gasteiger partial charge in [0.1, 0.15) is 0 Å². The van der Waals surface area contributed by atoms with Crippen molar-refractivity contribution in [3.05, 3.63) is 94.0 Å². The molecule has 0 spiro atoms. The topological polar surface area (TPSA) is 17.1 Å². The summed E-state index contributed by atoms with van der Waals surface area (Å²) in [5, 5.41) is 0.582. The normalized spacial score (nSPS) is 11.9. The maximum Gasteiger partial charge on any atom is 0.193 e. The molecule has 0 aromatic heterocycles.